The first-order chi connectivity index (χ1) is 17.9. The van der Waals surface area contributed by atoms with E-state index in [0.717, 1.165) is 0 Å². The number of carbonyl (C=O) groups is 3. The van der Waals surface area contributed by atoms with Gasteiger partial charge < -0.3 is 25.0 Å². The highest BCUT2D eigenvalue weighted by atomic mass is 16.6. The van der Waals surface area contributed by atoms with Crippen molar-refractivity contribution in [2.75, 3.05) is 19.0 Å². The Morgan fingerprint density at radius 2 is 1.63 bits per heavy atom. The summed E-state index contributed by atoms with van der Waals surface area (Å²) in [6.07, 6.45) is 5.42. The summed E-state index contributed by atoms with van der Waals surface area (Å²) >= 11 is 0. The van der Waals surface area contributed by atoms with E-state index < -0.39 is 29.7 Å². The molecule has 8 nitrogen and oxygen atoms in total. The lowest BCUT2D eigenvalue weighted by Gasteiger charge is -2.35. The molecule has 0 aromatic heterocycles. The van der Waals surface area contributed by atoms with Crippen LogP contribution >= 0.6 is 0 Å². The maximum Gasteiger partial charge on any atom is 0.408 e. The number of rotatable bonds is 10. The van der Waals surface area contributed by atoms with Gasteiger partial charge in [0, 0.05) is 17.8 Å². The molecule has 0 saturated carbocycles. The molecule has 38 heavy (non-hydrogen) atoms. The lowest BCUT2D eigenvalue weighted by atomic mass is 9.98. The second-order valence-electron chi connectivity index (χ2n) is 10.3. The van der Waals surface area contributed by atoms with Gasteiger partial charge in [-0.25, -0.2) is 4.79 Å². The lowest BCUT2D eigenvalue weighted by Crippen LogP contribution is -2.54. The van der Waals surface area contributed by atoms with Gasteiger partial charge in [0.25, 0.3) is 5.91 Å². The molecule has 0 aliphatic rings. The Morgan fingerprint density at radius 3 is 2.11 bits per heavy atom. The number of terminal acetylenes is 1. The Kier molecular flexibility index (Phi) is 10.8. The fraction of sp³-hybridized carbons (Fsp3) is 0.433. The average molecular weight is 522 g/mol. The van der Waals surface area contributed by atoms with Gasteiger partial charge >= 0.3 is 6.09 Å². The zero-order valence-corrected chi connectivity index (χ0v) is 23.3. The average Bonchev–Trinajstić information content (AvgIpc) is 2.86. The number of anilines is 1. The van der Waals surface area contributed by atoms with Crippen molar-refractivity contribution in [3.8, 4) is 18.1 Å². The summed E-state index contributed by atoms with van der Waals surface area (Å²) in [5.41, 5.74) is 1.08. The monoisotopic (exact) mass is 521 g/mol. The third-order valence-corrected chi connectivity index (χ3v) is 5.66. The van der Waals surface area contributed by atoms with Gasteiger partial charge in [0.15, 0.2) is 0 Å². The van der Waals surface area contributed by atoms with E-state index in [1.54, 1.807) is 76.4 Å². The molecule has 0 radical (unpaired) electrons. The second-order valence-corrected chi connectivity index (χ2v) is 10.3. The molecule has 0 aliphatic carbocycles. The zero-order valence-electron chi connectivity index (χ0n) is 23.3. The Morgan fingerprint density at radius 1 is 1.03 bits per heavy atom. The van der Waals surface area contributed by atoms with Crippen molar-refractivity contribution in [3.05, 3.63) is 59.7 Å². The molecule has 204 valence electrons. The van der Waals surface area contributed by atoms with E-state index in [0.29, 0.717) is 29.0 Å². The largest absolute Gasteiger partial charge is 0.497 e. The Hall–Kier alpha value is -3.99. The van der Waals surface area contributed by atoms with Crippen molar-refractivity contribution in [2.24, 2.45) is 5.92 Å². The van der Waals surface area contributed by atoms with Crippen molar-refractivity contribution in [3.63, 3.8) is 0 Å². The van der Waals surface area contributed by atoms with Crippen molar-refractivity contribution in [1.29, 1.82) is 0 Å². The molecule has 2 N–H and O–H groups in total. The van der Waals surface area contributed by atoms with Gasteiger partial charge in [-0.2, -0.15) is 0 Å². The van der Waals surface area contributed by atoms with Crippen LogP contribution in [0.25, 0.3) is 0 Å². The van der Waals surface area contributed by atoms with E-state index >= 15 is 0 Å². The van der Waals surface area contributed by atoms with Crippen molar-refractivity contribution in [2.45, 2.75) is 65.6 Å². The van der Waals surface area contributed by atoms with Crippen LogP contribution in [0.3, 0.4) is 0 Å². The maximum atomic E-state index is 14.0. The maximum absolute atomic E-state index is 14.0. The minimum absolute atomic E-state index is 0.261. The predicted molar refractivity (Wildman–Crippen MR) is 149 cm³/mol. The van der Waals surface area contributed by atoms with E-state index in [4.69, 9.17) is 15.9 Å². The molecule has 2 atom stereocenters. The van der Waals surface area contributed by atoms with Crippen LogP contribution in [0.5, 0.6) is 5.75 Å². The van der Waals surface area contributed by atoms with Crippen LogP contribution < -0.4 is 15.4 Å². The standard InChI is InChI=1S/C30H39N3O5/c1-9-19-33(28(35)25(20(3)4)32-29(36)38-30(5,6)7)26(22-13-11-21(10-2)12-14-22)27(34)31-23-15-17-24(37-8)18-16-23/h2,11-18,20,25-26H,9,19H2,1,3-8H3,(H,31,34)(H,32,36). The molecule has 2 rings (SSSR count). The third kappa shape index (κ3) is 8.55. The molecule has 8 heteroatoms. The molecular formula is C30H39N3O5. The normalized spacial score (nSPS) is 12.6. The Bertz CT molecular complexity index is 1130. The van der Waals surface area contributed by atoms with Crippen LogP contribution in [0.1, 0.15) is 65.1 Å². The highest BCUT2D eigenvalue weighted by Crippen LogP contribution is 2.27. The van der Waals surface area contributed by atoms with Crippen LogP contribution in [0.4, 0.5) is 10.5 Å². The van der Waals surface area contributed by atoms with E-state index in [-0.39, 0.29) is 18.4 Å². The molecule has 2 unspecified atom stereocenters. The lowest BCUT2D eigenvalue weighted by molar-refractivity contribution is -0.141. The first-order valence-corrected chi connectivity index (χ1v) is 12.7. The van der Waals surface area contributed by atoms with Crippen molar-refractivity contribution in [1.82, 2.24) is 10.2 Å². The minimum Gasteiger partial charge on any atom is -0.497 e. The quantitative estimate of drug-likeness (QED) is 0.422. The molecule has 2 aromatic carbocycles. The predicted octanol–water partition coefficient (Wildman–Crippen LogP) is 5.14. The fourth-order valence-corrected chi connectivity index (χ4v) is 3.85. The molecule has 0 heterocycles. The van der Waals surface area contributed by atoms with Crippen LogP contribution in [0.15, 0.2) is 48.5 Å². The smallest absolute Gasteiger partial charge is 0.408 e. The summed E-state index contributed by atoms with van der Waals surface area (Å²) in [4.78, 5) is 41.8. The van der Waals surface area contributed by atoms with Crippen LogP contribution in [0.2, 0.25) is 0 Å². The number of nitrogens with one attached hydrogen (secondary N) is 2. The van der Waals surface area contributed by atoms with E-state index in [9.17, 15) is 14.4 Å². The molecule has 0 saturated heterocycles. The second kappa shape index (κ2) is 13.5. The number of methoxy groups -OCH3 is 1. The Balaban J connectivity index is 2.48. The van der Waals surface area contributed by atoms with Gasteiger partial charge in [0.05, 0.1) is 7.11 Å². The van der Waals surface area contributed by atoms with Gasteiger partial charge in [-0.15, -0.1) is 6.42 Å². The SMILES string of the molecule is C#Cc1ccc(C(C(=O)Nc2ccc(OC)cc2)N(CCC)C(=O)C(NC(=O)OC(C)(C)C)C(C)C)cc1. The minimum atomic E-state index is -0.974. The summed E-state index contributed by atoms with van der Waals surface area (Å²) in [6.45, 7) is 11.1. The molecule has 0 aliphatic heterocycles. The first kappa shape index (κ1) is 30.2. The number of hydrogen-bond acceptors (Lipinski definition) is 5. The molecule has 2 aromatic rings. The highest BCUT2D eigenvalue weighted by molar-refractivity contribution is 5.99. The van der Waals surface area contributed by atoms with Gasteiger partial charge in [-0.1, -0.05) is 38.8 Å². The van der Waals surface area contributed by atoms with Crippen LogP contribution in [-0.4, -0.2) is 48.1 Å². The van der Waals surface area contributed by atoms with Crippen LogP contribution in [-0.2, 0) is 14.3 Å². The number of alkyl carbamates (subject to hydrolysis) is 1. The van der Waals surface area contributed by atoms with Crippen molar-refractivity contribution >= 4 is 23.6 Å². The summed E-state index contributed by atoms with van der Waals surface area (Å²) in [7, 11) is 1.56. The number of carbonyl (C=O) groups excluding carboxylic acids is 3. The van der Waals surface area contributed by atoms with Gasteiger partial charge in [0.1, 0.15) is 23.4 Å². The number of amides is 3. The fourth-order valence-electron chi connectivity index (χ4n) is 3.85. The number of benzene rings is 2. The third-order valence-electron chi connectivity index (χ3n) is 5.66. The molecule has 0 fully saturated rings. The topological polar surface area (TPSA) is 97.0 Å². The van der Waals surface area contributed by atoms with Gasteiger partial charge in [0.2, 0.25) is 5.91 Å². The first-order valence-electron chi connectivity index (χ1n) is 12.7. The summed E-state index contributed by atoms with van der Waals surface area (Å²) < 4.78 is 10.6. The highest BCUT2D eigenvalue weighted by Gasteiger charge is 2.37. The molecule has 3 amide bonds. The van der Waals surface area contributed by atoms with Gasteiger partial charge in [-0.05, 0) is 75.1 Å². The molecule has 0 bridgehead atoms. The van der Waals surface area contributed by atoms with E-state index in [1.807, 2.05) is 20.8 Å². The number of nitrogens with zero attached hydrogens (tertiary/aromatic N) is 1. The van der Waals surface area contributed by atoms with E-state index in [1.165, 1.54) is 4.90 Å². The molecular weight excluding hydrogens is 482 g/mol. The molecule has 0 spiro atoms. The number of hydrogen-bond donors (Lipinski definition) is 2. The number of ether oxygens (including phenoxy) is 2. The summed E-state index contributed by atoms with van der Waals surface area (Å²) in [5.74, 6) is 2.18. The summed E-state index contributed by atoms with van der Waals surface area (Å²) in [5, 5.41) is 5.63. The van der Waals surface area contributed by atoms with Crippen LogP contribution in [0, 0.1) is 18.3 Å². The summed E-state index contributed by atoms with van der Waals surface area (Å²) in [6, 6.07) is 12.0. The van der Waals surface area contributed by atoms with Gasteiger partial charge in [-0.3, -0.25) is 9.59 Å². The van der Waals surface area contributed by atoms with E-state index in [2.05, 4.69) is 16.6 Å². The van der Waals surface area contributed by atoms with Crippen molar-refractivity contribution < 1.29 is 23.9 Å². The Labute approximate surface area is 226 Å². The zero-order chi connectivity index (χ0) is 28.5.